The van der Waals surface area contributed by atoms with Gasteiger partial charge in [-0.05, 0) is 48.4 Å². The van der Waals surface area contributed by atoms with E-state index in [1.165, 1.54) is 5.56 Å². The fraction of sp³-hybridized carbons (Fsp3) is 0.214. The van der Waals surface area contributed by atoms with E-state index >= 15 is 0 Å². The Morgan fingerprint density at radius 3 is 2.15 bits per heavy atom. The van der Waals surface area contributed by atoms with Crippen LogP contribution in [0.4, 0.5) is 24.5 Å². The summed E-state index contributed by atoms with van der Waals surface area (Å²) >= 11 is 0. The molecule has 0 saturated carbocycles. The number of rotatable bonds is 8. The molecule has 0 aliphatic heterocycles. The molecule has 0 radical (unpaired) electrons. The number of aromatic hydroxyl groups is 1. The number of halogens is 3. The van der Waals surface area contributed by atoms with Crippen LogP contribution in [0.15, 0.2) is 77.8 Å². The molecule has 11 heteroatoms. The van der Waals surface area contributed by atoms with Crippen molar-refractivity contribution in [2.45, 2.75) is 26.2 Å². The van der Waals surface area contributed by atoms with Crippen LogP contribution in [0.2, 0.25) is 0 Å². The minimum Gasteiger partial charge on any atom is -0.494 e. The Labute approximate surface area is 222 Å². The number of hydrogen-bond donors (Lipinski definition) is 5. The van der Waals surface area contributed by atoms with E-state index in [-0.39, 0.29) is 12.5 Å². The van der Waals surface area contributed by atoms with Crippen LogP contribution in [0, 0.1) is 0 Å². The molecule has 0 aliphatic carbocycles. The third-order valence-corrected chi connectivity index (χ3v) is 5.71. The van der Waals surface area contributed by atoms with Gasteiger partial charge in [0, 0.05) is 36.2 Å². The van der Waals surface area contributed by atoms with E-state index in [0.29, 0.717) is 23.5 Å². The van der Waals surface area contributed by atoms with Gasteiger partial charge in [0.15, 0.2) is 5.88 Å². The highest BCUT2D eigenvalue weighted by molar-refractivity contribution is 6.13. The maximum Gasteiger partial charge on any atom is 0.490 e. The van der Waals surface area contributed by atoms with E-state index in [1.54, 1.807) is 6.07 Å². The molecule has 8 nitrogen and oxygen atoms in total. The standard InChI is InChI=1S/C26H28N4O2.C2HF3O2/c1-18(25-23-15-21(27)9-12-24(23)29-26(25)32)28-22-10-7-20(8-11-22)17-30(13-14-31)16-19-5-3-2-4-6-19;3-2(4,5)1(6)7/h2-12,15,29,31-32H,13-14,16-17,27H2,1H3;(H,6,7). The van der Waals surface area contributed by atoms with Gasteiger partial charge in [0.25, 0.3) is 0 Å². The normalized spacial score (nSPS) is 11.9. The van der Waals surface area contributed by atoms with Gasteiger partial charge in [-0.2, -0.15) is 13.2 Å². The van der Waals surface area contributed by atoms with E-state index in [9.17, 15) is 23.4 Å². The number of aliphatic hydroxyl groups excluding tert-OH is 1. The number of fused-ring (bicyclic) bond motifs is 1. The summed E-state index contributed by atoms with van der Waals surface area (Å²) in [6, 6.07) is 23.8. The molecule has 0 spiro atoms. The number of carboxylic acids is 1. The molecule has 3 aromatic carbocycles. The number of nitrogens with zero attached hydrogens (tertiary/aromatic N) is 2. The van der Waals surface area contributed by atoms with Crippen molar-refractivity contribution in [2.24, 2.45) is 4.99 Å². The van der Waals surface area contributed by atoms with Crippen LogP contribution < -0.4 is 5.73 Å². The van der Waals surface area contributed by atoms with Crippen LogP contribution in [-0.4, -0.2) is 56.2 Å². The lowest BCUT2D eigenvalue weighted by Crippen LogP contribution is -2.26. The largest absolute Gasteiger partial charge is 0.494 e. The summed E-state index contributed by atoms with van der Waals surface area (Å²) in [6.45, 7) is 4.12. The first kappa shape index (κ1) is 29.2. The number of nitrogen functional groups attached to an aromatic ring is 1. The number of aromatic amines is 1. The number of carbonyl (C=O) groups is 1. The number of anilines is 1. The van der Waals surface area contributed by atoms with Gasteiger partial charge in [0.1, 0.15) is 0 Å². The Kier molecular flexibility index (Phi) is 9.69. The second-order valence-electron chi connectivity index (χ2n) is 8.74. The summed E-state index contributed by atoms with van der Waals surface area (Å²) in [7, 11) is 0. The summed E-state index contributed by atoms with van der Waals surface area (Å²) in [4.78, 5) is 18.8. The molecular formula is C28H29F3N4O4. The molecule has 6 N–H and O–H groups in total. The fourth-order valence-corrected chi connectivity index (χ4v) is 3.94. The lowest BCUT2D eigenvalue weighted by molar-refractivity contribution is -0.192. The molecule has 39 heavy (non-hydrogen) atoms. The van der Waals surface area contributed by atoms with Gasteiger partial charge >= 0.3 is 12.1 Å². The van der Waals surface area contributed by atoms with E-state index in [2.05, 4.69) is 34.1 Å². The van der Waals surface area contributed by atoms with Crippen molar-refractivity contribution in [3.63, 3.8) is 0 Å². The number of aliphatic hydroxyl groups is 1. The maximum absolute atomic E-state index is 10.6. The van der Waals surface area contributed by atoms with Crippen LogP contribution in [-0.2, 0) is 17.9 Å². The van der Waals surface area contributed by atoms with Crippen molar-refractivity contribution in [1.82, 2.24) is 9.88 Å². The number of carboxylic acid groups (broad SMARTS) is 1. The highest BCUT2D eigenvalue weighted by Gasteiger charge is 2.38. The molecule has 0 saturated heterocycles. The van der Waals surface area contributed by atoms with Gasteiger partial charge in [-0.25, -0.2) is 4.79 Å². The van der Waals surface area contributed by atoms with Crippen LogP contribution in [0.1, 0.15) is 23.6 Å². The van der Waals surface area contributed by atoms with E-state index in [0.717, 1.165) is 35.2 Å². The first-order chi connectivity index (χ1) is 18.5. The Morgan fingerprint density at radius 2 is 1.59 bits per heavy atom. The minimum absolute atomic E-state index is 0.0871. The molecule has 0 aliphatic rings. The second kappa shape index (κ2) is 12.9. The number of H-pyrrole nitrogens is 1. The smallest absolute Gasteiger partial charge is 0.490 e. The van der Waals surface area contributed by atoms with Crippen LogP contribution in [0.25, 0.3) is 10.9 Å². The summed E-state index contributed by atoms with van der Waals surface area (Å²) in [5, 5.41) is 27.8. The lowest BCUT2D eigenvalue weighted by Gasteiger charge is -2.21. The number of hydrogen-bond acceptors (Lipinski definition) is 6. The molecule has 0 amide bonds. The zero-order valence-electron chi connectivity index (χ0n) is 21.1. The Bertz CT molecular complexity index is 1420. The predicted octanol–water partition coefficient (Wildman–Crippen LogP) is 5.22. The SMILES string of the molecule is CC(=Nc1ccc(CN(CCO)Cc2ccccc2)cc1)c1c(O)[nH]c2ccc(N)cc12.O=C(O)C(F)(F)F. The Balaban J connectivity index is 0.000000532. The number of aromatic nitrogens is 1. The summed E-state index contributed by atoms with van der Waals surface area (Å²) in [5.74, 6) is -2.67. The van der Waals surface area contributed by atoms with Crippen molar-refractivity contribution >= 4 is 34.0 Å². The zero-order valence-corrected chi connectivity index (χ0v) is 21.1. The molecule has 0 unspecified atom stereocenters. The van der Waals surface area contributed by atoms with Gasteiger partial charge in [0.2, 0.25) is 0 Å². The number of aliphatic imine (C=N–C) groups is 1. The Hall–Kier alpha value is -4.35. The van der Waals surface area contributed by atoms with Crippen molar-refractivity contribution in [1.29, 1.82) is 0 Å². The molecular weight excluding hydrogens is 513 g/mol. The van der Waals surface area contributed by atoms with Crippen molar-refractivity contribution in [3.8, 4) is 5.88 Å². The Morgan fingerprint density at radius 1 is 1.00 bits per heavy atom. The van der Waals surface area contributed by atoms with Crippen LogP contribution in [0.3, 0.4) is 0 Å². The molecule has 0 fully saturated rings. The van der Waals surface area contributed by atoms with E-state index in [4.69, 9.17) is 20.6 Å². The van der Waals surface area contributed by atoms with Crippen LogP contribution >= 0.6 is 0 Å². The molecule has 4 rings (SSSR count). The predicted molar refractivity (Wildman–Crippen MR) is 144 cm³/mol. The third-order valence-electron chi connectivity index (χ3n) is 5.71. The molecule has 1 heterocycles. The molecule has 206 valence electrons. The first-order valence-electron chi connectivity index (χ1n) is 11.9. The number of nitrogens with one attached hydrogen (secondary N) is 1. The minimum atomic E-state index is -5.08. The average Bonchev–Trinajstić information content (AvgIpc) is 3.20. The van der Waals surface area contributed by atoms with Gasteiger partial charge in [-0.3, -0.25) is 9.89 Å². The second-order valence-corrected chi connectivity index (χ2v) is 8.74. The number of alkyl halides is 3. The van der Waals surface area contributed by atoms with Crippen molar-refractivity contribution in [2.75, 3.05) is 18.9 Å². The molecule has 1 aromatic heterocycles. The summed E-state index contributed by atoms with van der Waals surface area (Å²) in [6.07, 6.45) is -5.08. The van der Waals surface area contributed by atoms with Crippen LogP contribution in [0.5, 0.6) is 5.88 Å². The van der Waals surface area contributed by atoms with E-state index < -0.39 is 12.1 Å². The maximum atomic E-state index is 10.6. The highest BCUT2D eigenvalue weighted by atomic mass is 19.4. The van der Waals surface area contributed by atoms with Crippen molar-refractivity contribution < 1.29 is 33.3 Å². The summed E-state index contributed by atoms with van der Waals surface area (Å²) in [5.41, 5.74) is 11.9. The quantitative estimate of drug-likeness (QED) is 0.153. The lowest BCUT2D eigenvalue weighted by atomic mass is 10.1. The highest BCUT2D eigenvalue weighted by Crippen LogP contribution is 2.30. The number of benzene rings is 3. The van der Waals surface area contributed by atoms with Gasteiger partial charge in [0.05, 0.1) is 23.6 Å². The van der Waals surface area contributed by atoms with Gasteiger partial charge in [-0.1, -0.05) is 42.5 Å². The molecule has 0 atom stereocenters. The third kappa shape index (κ3) is 8.32. The summed E-state index contributed by atoms with van der Waals surface area (Å²) < 4.78 is 31.7. The molecule has 4 aromatic rings. The monoisotopic (exact) mass is 542 g/mol. The first-order valence-corrected chi connectivity index (χ1v) is 11.9. The fourth-order valence-electron chi connectivity index (χ4n) is 3.94. The van der Waals surface area contributed by atoms with Gasteiger partial charge < -0.3 is 26.0 Å². The van der Waals surface area contributed by atoms with Crippen molar-refractivity contribution in [3.05, 3.63) is 89.5 Å². The van der Waals surface area contributed by atoms with Gasteiger partial charge in [-0.15, -0.1) is 0 Å². The topological polar surface area (TPSA) is 135 Å². The number of nitrogens with two attached hydrogens (primary N) is 1. The number of aliphatic carboxylic acids is 1. The zero-order chi connectivity index (χ0) is 28.6. The molecule has 0 bridgehead atoms. The average molecular weight is 543 g/mol. The van der Waals surface area contributed by atoms with E-state index in [1.807, 2.05) is 49.4 Å².